The Kier molecular flexibility index (Phi) is 5.25. The molecule has 100 valence electrons. The molecule has 0 aromatic heterocycles. The number of anilines is 1. The lowest BCUT2D eigenvalue weighted by molar-refractivity contribution is 0.344. The average molecular weight is 314 g/mol. The summed E-state index contributed by atoms with van der Waals surface area (Å²) in [5, 5.41) is 1.15. The minimum Gasteiger partial charge on any atom is -0.493 e. The van der Waals surface area contributed by atoms with Crippen LogP contribution in [0.3, 0.4) is 0 Å². The van der Waals surface area contributed by atoms with Gasteiger partial charge in [-0.15, -0.1) is 11.8 Å². The van der Waals surface area contributed by atoms with Gasteiger partial charge in [0.15, 0.2) is 0 Å². The van der Waals surface area contributed by atoms with Crippen LogP contribution in [-0.4, -0.2) is 12.4 Å². The van der Waals surface area contributed by atoms with E-state index in [2.05, 4.69) is 0 Å². The van der Waals surface area contributed by atoms with Gasteiger partial charge in [-0.2, -0.15) is 0 Å². The highest BCUT2D eigenvalue weighted by atomic mass is 35.5. The summed E-state index contributed by atoms with van der Waals surface area (Å²) >= 11 is 13.5. The molecule has 5 heteroatoms. The molecule has 0 bridgehead atoms. The molecular formula is C14H13Cl2NOS. The van der Waals surface area contributed by atoms with Gasteiger partial charge in [-0.3, -0.25) is 0 Å². The first-order valence-corrected chi connectivity index (χ1v) is 7.45. The molecule has 2 aromatic carbocycles. The summed E-state index contributed by atoms with van der Waals surface area (Å²) in [7, 11) is 0. The number of nitrogens with two attached hydrogens (primary N) is 1. The van der Waals surface area contributed by atoms with Crippen molar-refractivity contribution in [2.75, 3.05) is 18.1 Å². The fourth-order valence-electron chi connectivity index (χ4n) is 1.49. The lowest BCUT2D eigenvalue weighted by Gasteiger charge is -2.07. The lowest BCUT2D eigenvalue weighted by atomic mass is 10.3. The molecule has 0 atom stereocenters. The second kappa shape index (κ2) is 6.94. The molecule has 0 fully saturated rings. The predicted octanol–water partition coefficient (Wildman–Crippen LogP) is 4.75. The fourth-order valence-corrected chi connectivity index (χ4v) is 2.73. The van der Waals surface area contributed by atoms with Crippen LogP contribution >= 0.6 is 35.0 Å². The van der Waals surface area contributed by atoms with Crippen molar-refractivity contribution in [3.8, 4) is 5.75 Å². The first kappa shape index (κ1) is 14.4. The lowest BCUT2D eigenvalue weighted by Crippen LogP contribution is -2.00. The molecule has 0 heterocycles. The Balaban J connectivity index is 1.79. The molecular weight excluding hydrogens is 301 g/mol. The molecule has 0 saturated carbocycles. The van der Waals surface area contributed by atoms with Gasteiger partial charge in [0.05, 0.1) is 6.61 Å². The zero-order valence-corrected chi connectivity index (χ0v) is 12.4. The predicted molar refractivity (Wildman–Crippen MR) is 83.5 cm³/mol. The van der Waals surface area contributed by atoms with Crippen LogP contribution in [0.15, 0.2) is 47.4 Å². The van der Waals surface area contributed by atoms with Crippen molar-refractivity contribution in [3.63, 3.8) is 0 Å². The SMILES string of the molecule is Nc1ccc(SCCOc2cc(Cl)cc(Cl)c2)cc1. The van der Waals surface area contributed by atoms with Gasteiger partial charge in [0.25, 0.3) is 0 Å². The molecule has 0 aliphatic rings. The van der Waals surface area contributed by atoms with Crippen LogP contribution in [0.25, 0.3) is 0 Å². The quantitative estimate of drug-likeness (QED) is 0.491. The van der Waals surface area contributed by atoms with Gasteiger partial charge < -0.3 is 10.5 Å². The van der Waals surface area contributed by atoms with E-state index in [0.717, 1.165) is 11.4 Å². The number of benzene rings is 2. The zero-order valence-electron chi connectivity index (χ0n) is 10.1. The molecule has 2 nitrogen and oxygen atoms in total. The summed E-state index contributed by atoms with van der Waals surface area (Å²) < 4.78 is 5.60. The molecule has 0 aliphatic carbocycles. The smallest absolute Gasteiger partial charge is 0.122 e. The van der Waals surface area contributed by atoms with Crippen molar-refractivity contribution < 1.29 is 4.74 Å². The van der Waals surface area contributed by atoms with E-state index < -0.39 is 0 Å². The monoisotopic (exact) mass is 313 g/mol. The molecule has 19 heavy (non-hydrogen) atoms. The molecule has 2 rings (SSSR count). The topological polar surface area (TPSA) is 35.2 Å². The van der Waals surface area contributed by atoms with Gasteiger partial charge in [-0.25, -0.2) is 0 Å². The van der Waals surface area contributed by atoms with E-state index >= 15 is 0 Å². The van der Waals surface area contributed by atoms with E-state index in [4.69, 9.17) is 33.7 Å². The maximum atomic E-state index is 5.89. The third kappa shape index (κ3) is 4.86. The normalized spacial score (nSPS) is 10.4. The van der Waals surface area contributed by atoms with Gasteiger partial charge in [0, 0.05) is 26.4 Å². The average Bonchev–Trinajstić information content (AvgIpc) is 2.36. The Labute approximate surface area is 126 Å². The molecule has 0 amide bonds. The van der Waals surface area contributed by atoms with Crippen molar-refractivity contribution in [3.05, 3.63) is 52.5 Å². The number of thioether (sulfide) groups is 1. The Hall–Kier alpha value is -1.03. The summed E-state index contributed by atoms with van der Waals surface area (Å²) in [5.74, 6) is 1.53. The Morgan fingerprint density at radius 1 is 1.00 bits per heavy atom. The minimum atomic E-state index is 0.577. The van der Waals surface area contributed by atoms with Gasteiger partial charge in [0.2, 0.25) is 0 Å². The van der Waals surface area contributed by atoms with E-state index in [1.165, 1.54) is 4.90 Å². The Morgan fingerprint density at radius 3 is 2.26 bits per heavy atom. The molecule has 2 N–H and O–H groups in total. The Morgan fingerprint density at radius 2 is 1.63 bits per heavy atom. The van der Waals surface area contributed by atoms with E-state index in [1.54, 1.807) is 30.0 Å². The van der Waals surface area contributed by atoms with Crippen molar-refractivity contribution in [2.24, 2.45) is 0 Å². The second-order valence-electron chi connectivity index (χ2n) is 3.87. The second-order valence-corrected chi connectivity index (χ2v) is 5.91. The maximum Gasteiger partial charge on any atom is 0.122 e. The summed E-state index contributed by atoms with van der Waals surface area (Å²) in [5.41, 5.74) is 6.40. The first-order chi connectivity index (χ1) is 9.13. The van der Waals surface area contributed by atoms with Crippen LogP contribution in [0.1, 0.15) is 0 Å². The van der Waals surface area contributed by atoms with Crippen LogP contribution in [0.5, 0.6) is 5.75 Å². The third-order valence-electron chi connectivity index (χ3n) is 2.34. The Bertz CT molecular complexity index is 525. The van der Waals surface area contributed by atoms with Crippen molar-refractivity contribution >= 4 is 40.7 Å². The van der Waals surface area contributed by atoms with Gasteiger partial charge in [0.1, 0.15) is 5.75 Å². The minimum absolute atomic E-state index is 0.577. The molecule has 0 unspecified atom stereocenters. The molecule has 0 aliphatic heterocycles. The summed E-state index contributed by atoms with van der Waals surface area (Å²) in [6.07, 6.45) is 0. The number of rotatable bonds is 5. The van der Waals surface area contributed by atoms with Crippen LogP contribution in [0.4, 0.5) is 5.69 Å². The van der Waals surface area contributed by atoms with E-state index in [0.29, 0.717) is 22.4 Å². The highest BCUT2D eigenvalue weighted by Gasteiger charge is 2.00. The molecule has 0 radical (unpaired) electrons. The van der Waals surface area contributed by atoms with Gasteiger partial charge in [-0.05, 0) is 42.5 Å². The largest absolute Gasteiger partial charge is 0.493 e. The van der Waals surface area contributed by atoms with E-state index in [9.17, 15) is 0 Å². The number of ether oxygens (including phenoxy) is 1. The summed E-state index contributed by atoms with van der Waals surface area (Å²) in [4.78, 5) is 1.17. The zero-order chi connectivity index (χ0) is 13.7. The maximum absolute atomic E-state index is 5.89. The van der Waals surface area contributed by atoms with Crippen LogP contribution in [0, 0.1) is 0 Å². The summed E-state index contributed by atoms with van der Waals surface area (Å²) in [6, 6.07) is 13.0. The molecule has 2 aromatic rings. The molecule has 0 spiro atoms. The van der Waals surface area contributed by atoms with Crippen LogP contribution in [-0.2, 0) is 0 Å². The van der Waals surface area contributed by atoms with Gasteiger partial charge in [-0.1, -0.05) is 23.2 Å². The van der Waals surface area contributed by atoms with E-state index in [1.807, 2.05) is 24.3 Å². The summed E-state index contributed by atoms with van der Waals surface area (Å²) in [6.45, 7) is 0.589. The highest BCUT2D eigenvalue weighted by Crippen LogP contribution is 2.25. The third-order valence-corrected chi connectivity index (χ3v) is 3.75. The van der Waals surface area contributed by atoms with Crippen molar-refractivity contribution in [1.82, 2.24) is 0 Å². The number of halogens is 2. The fraction of sp³-hybridized carbons (Fsp3) is 0.143. The van der Waals surface area contributed by atoms with Crippen LogP contribution in [0.2, 0.25) is 10.0 Å². The van der Waals surface area contributed by atoms with Crippen molar-refractivity contribution in [2.45, 2.75) is 4.90 Å². The molecule has 0 saturated heterocycles. The number of nitrogen functional groups attached to an aromatic ring is 1. The first-order valence-electron chi connectivity index (χ1n) is 5.71. The standard InChI is InChI=1S/C14H13Cl2NOS/c15-10-7-11(16)9-13(8-10)18-5-6-19-14-3-1-12(17)2-4-14/h1-4,7-9H,5-6,17H2. The van der Waals surface area contributed by atoms with Crippen molar-refractivity contribution in [1.29, 1.82) is 0 Å². The van der Waals surface area contributed by atoms with Gasteiger partial charge >= 0.3 is 0 Å². The van der Waals surface area contributed by atoms with E-state index in [-0.39, 0.29) is 0 Å². The highest BCUT2D eigenvalue weighted by molar-refractivity contribution is 7.99. The van der Waals surface area contributed by atoms with Crippen LogP contribution < -0.4 is 10.5 Å². The number of hydrogen-bond donors (Lipinski definition) is 1. The number of hydrogen-bond acceptors (Lipinski definition) is 3.